The number of aryl methyl sites for hydroxylation is 1. The topological polar surface area (TPSA) is 30.2 Å². The summed E-state index contributed by atoms with van der Waals surface area (Å²) in [5.41, 5.74) is 1.99. The minimum absolute atomic E-state index is 0.0816. The third-order valence-corrected chi connectivity index (χ3v) is 4.88. The summed E-state index contributed by atoms with van der Waals surface area (Å²) >= 11 is 3.57. The fourth-order valence-electron chi connectivity index (χ4n) is 1.80. The minimum Gasteiger partial charge on any atom is -0.472 e. The first-order chi connectivity index (χ1) is 7.84. The third-order valence-electron chi connectivity index (χ3n) is 2.63. The predicted octanol–water partition coefficient (Wildman–Crippen LogP) is 3.36. The summed E-state index contributed by atoms with van der Waals surface area (Å²) in [7, 11) is 0. The molecular formula is C12H10O2S2. The highest BCUT2D eigenvalue weighted by Crippen LogP contribution is 2.32. The quantitative estimate of drug-likeness (QED) is 0.766. The van der Waals surface area contributed by atoms with Gasteiger partial charge in [-0.05, 0) is 29.9 Å². The van der Waals surface area contributed by atoms with E-state index in [9.17, 15) is 4.79 Å². The molecule has 2 aromatic rings. The number of thiophene rings is 1. The van der Waals surface area contributed by atoms with E-state index < -0.39 is 0 Å². The summed E-state index contributed by atoms with van der Waals surface area (Å²) in [6.07, 6.45) is 4.15. The Balaban J connectivity index is 1.95. The van der Waals surface area contributed by atoms with E-state index in [4.69, 9.17) is 4.42 Å². The molecule has 3 rings (SSSR count). The smallest absolute Gasteiger partial charge is 0.206 e. The van der Waals surface area contributed by atoms with Crippen LogP contribution >= 0.6 is 23.1 Å². The van der Waals surface area contributed by atoms with Crippen molar-refractivity contribution < 1.29 is 9.21 Å². The normalized spacial score (nSPS) is 14.8. The lowest BCUT2D eigenvalue weighted by atomic mass is 10.1. The van der Waals surface area contributed by atoms with Crippen LogP contribution in [0.25, 0.3) is 0 Å². The van der Waals surface area contributed by atoms with Crippen LogP contribution in [0.1, 0.15) is 25.7 Å². The summed E-state index contributed by atoms with van der Waals surface area (Å²) in [5, 5.41) is 0. The standard InChI is InChI=1S/C12H10O2S2/c13-12(8-1-3-14-6-8)11-5-9-7-15-4-2-10(9)16-11/h1,3,5-6H,2,4,7H2. The zero-order chi connectivity index (χ0) is 11.0. The highest BCUT2D eigenvalue weighted by atomic mass is 32.2. The summed E-state index contributed by atoms with van der Waals surface area (Å²) < 4.78 is 4.94. The van der Waals surface area contributed by atoms with E-state index in [1.165, 1.54) is 28.7 Å². The van der Waals surface area contributed by atoms with Gasteiger partial charge in [0.1, 0.15) is 6.26 Å². The molecule has 0 aliphatic carbocycles. The van der Waals surface area contributed by atoms with Crippen molar-refractivity contribution in [3.05, 3.63) is 45.5 Å². The van der Waals surface area contributed by atoms with Crippen LogP contribution in [0.15, 0.2) is 29.1 Å². The molecule has 0 saturated carbocycles. The molecule has 1 aliphatic heterocycles. The van der Waals surface area contributed by atoms with Crippen molar-refractivity contribution >= 4 is 28.9 Å². The summed E-state index contributed by atoms with van der Waals surface area (Å²) in [6.45, 7) is 0. The molecule has 3 heterocycles. The molecule has 0 atom stereocenters. The Bertz CT molecular complexity index is 488. The Hall–Kier alpha value is -1.000. The van der Waals surface area contributed by atoms with Crippen molar-refractivity contribution in [1.29, 1.82) is 0 Å². The second kappa shape index (κ2) is 4.11. The molecule has 82 valence electrons. The molecule has 1 aliphatic rings. The number of carbonyl (C=O) groups excluding carboxylic acids is 1. The summed E-state index contributed by atoms with van der Waals surface area (Å²) in [5.74, 6) is 2.30. The van der Waals surface area contributed by atoms with Gasteiger partial charge in [-0.3, -0.25) is 4.79 Å². The predicted molar refractivity (Wildman–Crippen MR) is 66.3 cm³/mol. The molecule has 0 bridgehead atoms. The SMILES string of the molecule is O=C(c1ccoc1)c1cc2c(s1)CCSC2. The van der Waals surface area contributed by atoms with Gasteiger partial charge in [0.25, 0.3) is 0 Å². The van der Waals surface area contributed by atoms with Gasteiger partial charge < -0.3 is 4.42 Å². The van der Waals surface area contributed by atoms with Crippen molar-refractivity contribution in [3.8, 4) is 0 Å². The Labute approximate surface area is 102 Å². The number of rotatable bonds is 2. The fourth-order valence-corrected chi connectivity index (χ4v) is 4.13. The van der Waals surface area contributed by atoms with Crippen LogP contribution in [0.2, 0.25) is 0 Å². The van der Waals surface area contributed by atoms with Gasteiger partial charge in [-0.15, -0.1) is 11.3 Å². The van der Waals surface area contributed by atoms with Crippen LogP contribution < -0.4 is 0 Å². The average Bonchev–Trinajstić information content (AvgIpc) is 2.97. The van der Waals surface area contributed by atoms with E-state index in [1.807, 2.05) is 17.8 Å². The molecule has 0 amide bonds. The van der Waals surface area contributed by atoms with E-state index in [-0.39, 0.29) is 5.78 Å². The van der Waals surface area contributed by atoms with Crippen molar-refractivity contribution in [2.75, 3.05) is 5.75 Å². The molecule has 2 aromatic heterocycles. The number of hydrogen-bond donors (Lipinski definition) is 0. The Morgan fingerprint density at radius 2 is 2.38 bits per heavy atom. The highest BCUT2D eigenvalue weighted by molar-refractivity contribution is 7.98. The van der Waals surface area contributed by atoms with Gasteiger partial charge in [0, 0.05) is 10.6 Å². The molecule has 0 spiro atoms. The van der Waals surface area contributed by atoms with E-state index >= 15 is 0 Å². The van der Waals surface area contributed by atoms with Crippen molar-refractivity contribution in [3.63, 3.8) is 0 Å². The maximum Gasteiger partial charge on any atom is 0.206 e. The lowest BCUT2D eigenvalue weighted by molar-refractivity contribution is 0.104. The van der Waals surface area contributed by atoms with E-state index in [2.05, 4.69) is 0 Å². The van der Waals surface area contributed by atoms with E-state index in [1.54, 1.807) is 17.4 Å². The van der Waals surface area contributed by atoms with Crippen LogP contribution in [0, 0.1) is 0 Å². The largest absolute Gasteiger partial charge is 0.472 e. The van der Waals surface area contributed by atoms with Gasteiger partial charge in [0.05, 0.1) is 16.7 Å². The third kappa shape index (κ3) is 1.72. The molecule has 0 N–H and O–H groups in total. The van der Waals surface area contributed by atoms with Crippen molar-refractivity contribution in [2.45, 2.75) is 12.2 Å². The monoisotopic (exact) mass is 250 g/mol. The van der Waals surface area contributed by atoms with Crippen molar-refractivity contribution in [1.82, 2.24) is 0 Å². The minimum atomic E-state index is 0.0816. The number of hydrogen-bond acceptors (Lipinski definition) is 4. The van der Waals surface area contributed by atoms with Gasteiger partial charge >= 0.3 is 0 Å². The molecule has 16 heavy (non-hydrogen) atoms. The number of carbonyl (C=O) groups is 1. The molecule has 0 fully saturated rings. The molecule has 0 saturated heterocycles. The summed E-state index contributed by atoms with van der Waals surface area (Å²) in [4.78, 5) is 14.3. The van der Waals surface area contributed by atoms with Gasteiger partial charge in [-0.1, -0.05) is 0 Å². The number of furan rings is 1. The maximum atomic E-state index is 12.1. The Morgan fingerprint density at radius 3 is 3.12 bits per heavy atom. The average molecular weight is 250 g/mol. The lowest BCUT2D eigenvalue weighted by Gasteiger charge is -2.08. The highest BCUT2D eigenvalue weighted by Gasteiger charge is 2.18. The first kappa shape index (κ1) is 10.2. The van der Waals surface area contributed by atoms with Gasteiger partial charge in [0.15, 0.2) is 0 Å². The second-order valence-corrected chi connectivity index (χ2v) is 5.94. The molecule has 4 heteroatoms. The first-order valence-electron chi connectivity index (χ1n) is 5.11. The van der Waals surface area contributed by atoms with Crippen LogP contribution in [0.3, 0.4) is 0 Å². The number of fused-ring (bicyclic) bond motifs is 1. The van der Waals surface area contributed by atoms with Gasteiger partial charge in [-0.2, -0.15) is 11.8 Å². The van der Waals surface area contributed by atoms with E-state index in [0.29, 0.717) is 5.56 Å². The molecular weight excluding hydrogens is 240 g/mol. The first-order valence-corrected chi connectivity index (χ1v) is 7.08. The van der Waals surface area contributed by atoms with E-state index in [0.717, 1.165) is 17.1 Å². The number of ketones is 1. The van der Waals surface area contributed by atoms with Crippen LogP contribution in [-0.4, -0.2) is 11.5 Å². The molecule has 2 nitrogen and oxygen atoms in total. The van der Waals surface area contributed by atoms with Gasteiger partial charge in [0.2, 0.25) is 5.78 Å². The Morgan fingerprint density at radius 1 is 1.44 bits per heavy atom. The zero-order valence-corrected chi connectivity index (χ0v) is 10.2. The van der Waals surface area contributed by atoms with Crippen LogP contribution in [-0.2, 0) is 12.2 Å². The maximum absolute atomic E-state index is 12.1. The summed E-state index contributed by atoms with van der Waals surface area (Å²) in [6, 6.07) is 3.76. The number of thioether (sulfide) groups is 1. The van der Waals surface area contributed by atoms with Crippen molar-refractivity contribution in [2.24, 2.45) is 0 Å². The molecule has 0 unspecified atom stereocenters. The second-order valence-electron chi connectivity index (χ2n) is 3.70. The molecule has 0 aromatic carbocycles. The molecule has 0 radical (unpaired) electrons. The zero-order valence-electron chi connectivity index (χ0n) is 8.56. The fraction of sp³-hybridized carbons (Fsp3) is 0.250. The lowest BCUT2D eigenvalue weighted by Crippen LogP contribution is -1.96. The Kier molecular flexibility index (Phi) is 2.61. The van der Waals surface area contributed by atoms with Gasteiger partial charge in [-0.25, -0.2) is 0 Å². The van der Waals surface area contributed by atoms with Crippen LogP contribution in [0.4, 0.5) is 0 Å². The van der Waals surface area contributed by atoms with Crippen LogP contribution in [0.5, 0.6) is 0 Å².